The second kappa shape index (κ2) is 7.19. The van der Waals surface area contributed by atoms with Crippen LogP contribution in [0.5, 0.6) is 17.2 Å². The van der Waals surface area contributed by atoms with E-state index < -0.39 is 5.92 Å². The van der Waals surface area contributed by atoms with Crippen molar-refractivity contribution in [1.29, 1.82) is 0 Å². The lowest BCUT2D eigenvalue weighted by Crippen LogP contribution is -2.25. The maximum Gasteiger partial charge on any atom is 0.312 e. The van der Waals surface area contributed by atoms with Crippen molar-refractivity contribution in [2.45, 2.75) is 12.3 Å². The van der Waals surface area contributed by atoms with Crippen molar-refractivity contribution in [2.24, 2.45) is 0 Å². The maximum absolute atomic E-state index is 13.0. The Morgan fingerprint density at radius 1 is 0.933 bits per heavy atom. The van der Waals surface area contributed by atoms with Gasteiger partial charge in [0.15, 0.2) is 5.78 Å². The van der Waals surface area contributed by atoms with E-state index in [-0.39, 0.29) is 35.2 Å². The molecule has 1 N–H and O–H groups in total. The minimum absolute atomic E-state index is 0.0703. The highest BCUT2D eigenvalue weighted by Crippen LogP contribution is 2.47. The normalized spacial score (nSPS) is 17.1. The molecular weight excluding hydrogens is 380 g/mol. The SMILES string of the molecule is O=C1CC(C2=Cc3ccccc3OC2)c2c(ccc(C(=O)c3ccccc3)c2O)O1. The van der Waals surface area contributed by atoms with Gasteiger partial charge in [0.25, 0.3) is 0 Å². The van der Waals surface area contributed by atoms with E-state index in [1.54, 1.807) is 30.3 Å². The Kier molecular flexibility index (Phi) is 4.36. The number of phenolic OH excluding ortho intramolecular Hbond substituents is 1. The van der Waals surface area contributed by atoms with Gasteiger partial charge < -0.3 is 14.6 Å². The molecule has 30 heavy (non-hydrogen) atoms. The van der Waals surface area contributed by atoms with Crippen LogP contribution in [0.15, 0.2) is 72.3 Å². The number of carbonyl (C=O) groups excluding carboxylic acids is 2. The lowest BCUT2D eigenvalue weighted by molar-refractivity contribution is -0.135. The molecule has 0 fully saturated rings. The lowest BCUT2D eigenvalue weighted by atomic mass is 9.82. The van der Waals surface area contributed by atoms with Gasteiger partial charge in [0.05, 0.1) is 12.0 Å². The van der Waals surface area contributed by atoms with Crippen molar-refractivity contribution < 1.29 is 24.2 Å². The van der Waals surface area contributed by atoms with Gasteiger partial charge in [0, 0.05) is 22.6 Å². The van der Waals surface area contributed by atoms with E-state index in [4.69, 9.17) is 9.47 Å². The summed E-state index contributed by atoms with van der Waals surface area (Å²) in [5.74, 6) is -0.202. The molecule has 3 aromatic rings. The summed E-state index contributed by atoms with van der Waals surface area (Å²) in [6.45, 7) is 0.296. The fourth-order valence-electron chi connectivity index (χ4n) is 4.03. The third-order valence-corrected chi connectivity index (χ3v) is 5.50. The number of ether oxygens (including phenoxy) is 2. The topological polar surface area (TPSA) is 72.8 Å². The number of hydrogen-bond acceptors (Lipinski definition) is 5. The molecule has 3 aromatic carbocycles. The number of esters is 1. The fourth-order valence-corrected chi connectivity index (χ4v) is 4.03. The number of hydrogen-bond donors (Lipinski definition) is 1. The van der Waals surface area contributed by atoms with Crippen LogP contribution < -0.4 is 9.47 Å². The summed E-state index contributed by atoms with van der Waals surface area (Å²) in [5, 5.41) is 11.1. The second-order valence-corrected chi connectivity index (χ2v) is 7.35. The first-order chi connectivity index (χ1) is 14.6. The van der Waals surface area contributed by atoms with E-state index in [9.17, 15) is 14.7 Å². The molecule has 1 unspecified atom stereocenters. The minimum atomic E-state index is -0.432. The summed E-state index contributed by atoms with van der Waals surface area (Å²) < 4.78 is 11.2. The van der Waals surface area contributed by atoms with E-state index in [2.05, 4.69) is 0 Å². The van der Waals surface area contributed by atoms with Gasteiger partial charge in [-0.2, -0.15) is 0 Å². The standard InChI is InChI=1S/C25H18O5/c26-22-13-19(17-12-16-8-4-5-9-20(16)29-14-17)23-21(30-22)11-10-18(25(23)28)24(27)15-6-2-1-3-7-15/h1-12,19,28H,13-14H2. The Bertz CT molecular complexity index is 1190. The largest absolute Gasteiger partial charge is 0.507 e. The molecule has 0 bridgehead atoms. The number of phenols is 1. The summed E-state index contributed by atoms with van der Waals surface area (Å²) in [7, 11) is 0. The van der Waals surface area contributed by atoms with Gasteiger partial charge in [0.2, 0.25) is 0 Å². The molecule has 0 radical (unpaired) electrons. The molecule has 5 heteroatoms. The maximum atomic E-state index is 13.0. The minimum Gasteiger partial charge on any atom is -0.507 e. The summed E-state index contributed by atoms with van der Waals surface area (Å²) >= 11 is 0. The molecule has 0 aromatic heterocycles. The van der Waals surface area contributed by atoms with Gasteiger partial charge in [0.1, 0.15) is 23.9 Å². The third-order valence-electron chi connectivity index (χ3n) is 5.50. The molecule has 1 atom stereocenters. The van der Waals surface area contributed by atoms with Crippen molar-refractivity contribution in [3.8, 4) is 17.2 Å². The van der Waals surface area contributed by atoms with Crippen LogP contribution in [0.25, 0.3) is 6.08 Å². The van der Waals surface area contributed by atoms with Crippen molar-refractivity contribution >= 4 is 17.8 Å². The van der Waals surface area contributed by atoms with Gasteiger partial charge in [-0.15, -0.1) is 0 Å². The van der Waals surface area contributed by atoms with Crippen LogP contribution in [0.3, 0.4) is 0 Å². The van der Waals surface area contributed by atoms with E-state index in [1.165, 1.54) is 6.07 Å². The quantitative estimate of drug-likeness (QED) is 0.400. The molecule has 0 saturated carbocycles. The first-order valence-corrected chi connectivity index (χ1v) is 9.70. The van der Waals surface area contributed by atoms with Gasteiger partial charge in [-0.3, -0.25) is 9.59 Å². The summed E-state index contributed by atoms with van der Waals surface area (Å²) in [6, 6.07) is 19.5. The molecule has 0 saturated heterocycles. The van der Waals surface area contributed by atoms with Crippen molar-refractivity contribution in [3.05, 3.63) is 94.6 Å². The molecule has 148 valence electrons. The van der Waals surface area contributed by atoms with Crippen LogP contribution in [0.2, 0.25) is 0 Å². The van der Waals surface area contributed by atoms with Crippen LogP contribution in [-0.2, 0) is 4.79 Å². The Hall–Kier alpha value is -3.86. The monoisotopic (exact) mass is 398 g/mol. The summed E-state index contributed by atoms with van der Waals surface area (Å²) in [4.78, 5) is 25.2. The number of aromatic hydroxyl groups is 1. The fraction of sp³-hybridized carbons (Fsp3) is 0.120. The number of benzene rings is 3. The average molecular weight is 398 g/mol. The van der Waals surface area contributed by atoms with E-state index in [1.807, 2.05) is 36.4 Å². The lowest BCUT2D eigenvalue weighted by Gasteiger charge is -2.30. The zero-order chi connectivity index (χ0) is 20.7. The number of rotatable bonds is 3. The zero-order valence-electron chi connectivity index (χ0n) is 16.0. The number of ketones is 1. The Balaban J connectivity index is 1.61. The smallest absolute Gasteiger partial charge is 0.312 e. The highest BCUT2D eigenvalue weighted by molar-refractivity contribution is 6.11. The van der Waals surface area contributed by atoms with Crippen LogP contribution >= 0.6 is 0 Å². The molecule has 2 aliphatic rings. The molecule has 0 aliphatic carbocycles. The van der Waals surface area contributed by atoms with E-state index in [0.717, 1.165) is 16.9 Å². The molecule has 0 spiro atoms. The molecule has 5 rings (SSSR count). The summed E-state index contributed by atoms with van der Waals surface area (Å²) in [5.41, 5.74) is 2.87. The third kappa shape index (κ3) is 3.05. The van der Waals surface area contributed by atoms with Crippen LogP contribution in [0.1, 0.15) is 39.4 Å². The van der Waals surface area contributed by atoms with Crippen LogP contribution in [0.4, 0.5) is 0 Å². The highest BCUT2D eigenvalue weighted by atomic mass is 16.5. The van der Waals surface area contributed by atoms with Crippen molar-refractivity contribution in [3.63, 3.8) is 0 Å². The molecular formula is C25H18O5. The van der Waals surface area contributed by atoms with Gasteiger partial charge in [-0.1, -0.05) is 48.5 Å². The number of carbonyl (C=O) groups is 2. The predicted molar refractivity (Wildman–Crippen MR) is 111 cm³/mol. The molecule has 2 aliphatic heterocycles. The first-order valence-electron chi connectivity index (χ1n) is 9.70. The zero-order valence-corrected chi connectivity index (χ0v) is 16.0. The van der Waals surface area contributed by atoms with E-state index in [0.29, 0.717) is 17.7 Å². The number of para-hydroxylation sites is 1. The van der Waals surface area contributed by atoms with Crippen LogP contribution in [0, 0.1) is 0 Å². The second-order valence-electron chi connectivity index (χ2n) is 7.35. The molecule has 2 heterocycles. The van der Waals surface area contributed by atoms with Crippen molar-refractivity contribution in [1.82, 2.24) is 0 Å². The Morgan fingerprint density at radius 3 is 2.53 bits per heavy atom. The predicted octanol–water partition coefficient (Wildman–Crippen LogP) is 4.49. The first kappa shape index (κ1) is 18.2. The van der Waals surface area contributed by atoms with Gasteiger partial charge in [-0.05, 0) is 29.8 Å². The molecule has 0 amide bonds. The number of fused-ring (bicyclic) bond motifs is 2. The van der Waals surface area contributed by atoms with Gasteiger partial charge >= 0.3 is 5.97 Å². The Labute approximate surface area is 173 Å². The van der Waals surface area contributed by atoms with Crippen LogP contribution in [-0.4, -0.2) is 23.5 Å². The van der Waals surface area contributed by atoms with Crippen molar-refractivity contribution in [2.75, 3.05) is 6.61 Å². The summed E-state index contributed by atoms with van der Waals surface area (Å²) in [6.07, 6.45) is 2.05. The van der Waals surface area contributed by atoms with E-state index >= 15 is 0 Å². The Morgan fingerprint density at radius 2 is 1.70 bits per heavy atom. The highest BCUT2D eigenvalue weighted by Gasteiger charge is 2.35. The molecule has 5 nitrogen and oxygen atoms in total. The van der Waals surface area contributed by atoms with Gasteiger partial charge in [-0.25, -0.2) is 0 Å². The average Bonchev–Trinajstić information content (AvgIpc) is 2.78.